The topological polar surface area (TPSA) is 24.5 Å². The quantitative estimate of drug-likeness (QED) is 0.852. The maximum absolute atomic E-state index is 5.38. The van der Waals surface area contributed by atoms with Crippen molar-refractivity contribution in [3.63, 3.8) is 0 Å². The molecule has 3 unspecified atom stereocenters. The van der Waals surface area contributed by atoms with E-state index in [1.54, 1.807) is 7.11 Å². The molecule has 1 N–H and O–H groups in total. The summed E-state index contributed by atoms with van der Waals surface area (Å²) in [6.45, 7) is 3.75. The molecule has 0 amide bonds. The first-order chi connectivity index (χ1) is 9.17. The third-order valence-corrected chi connectivity index (χ3v) is 5.49. The molecule has 2 fully saturated rings. The monoisotopic (exact) mass is 388 g/mol. The van der Waals surface area contributed by atoms with E-state index in [4.69, 9.17) is 4.74 Å². The van der Waals surface area contributed by atoms with Crippen molar-refractivity contribution in [2.45, 2.75) is 18.9 Å². The maximum Gasteiger partial charge on any atom is 0.135 e. The zero-order valence-electron chi connectivity index (χ0n) is 11.0. The van der Waals surface area contributed by atoms with Crippen LogP contribution in [0.5, 0.6) is 5.75 Å². The number of benzene rings is 1. The number of methoxy groups -OCH3 is 1. The molecular formula is C14H18Br2N2O. The van der Waals surface area contributed by atoms with Gasteiger partial charge in [-0.15, -0.1) is 0 Å². The Morgan fingerprint density at radius 2 is 2.00 bits per heavy atom. The van der Waals surface area contributed by atoms with E-state index < -0.39 is 0 Å². The van der Waals surface area contributed by atoms with Crippen LogP contribution < -0.4 is 10.1 Å². The smallest absolute Gasteiger partial charge is 0.135 e. The van der Waals surface area contributed by atoms with Gasteiger partial charge in [0.05, 0.1) is 17.3 Å². The van der Waals surface area contributed by atoms with Gasteiger partial charge in [-0.25, -0.2) is 0 Å². The number of ether oxygens (including phenoxy) is 1. The predicted molar refractivity (Wildman–Crippen MR) is 85.0 cm³/mol. The van der Waals surface area contributed by atoms with E-state index in [0.717, 1.165) is 26.3 Å². The van der Waals surface area contributed by atoms with Crippen LogP contribution in [0.3, 0.4) is 0 Å². The van der Waals surface area contributed by atoms with Gasteiger partial charge in [0.25, 0.3) is 0 Å². The van der Waals surface area contributed by atoms with Crippen molar-refractivity contribution in [1.29, 1.82) is 0 Å². The van der Waals surface area contributed by atoms with Crippen LogP contribution in [0.15, 0.2) is 21.1 Å². The molecule has 0 spiro atoms. The lowest BCUT2D eigenvalue weighted by atomic mass is 9.94. The molecule has 2 aliphatic rings. The summed E-state index contributed by atoms with van der Waals surface area (Å²) in [4.78, 5) is 2.57. The molecule has 0 radical (unpaired) electrons. The number of piperidine rings is 1. The molecule has 0 saturated carbocycles. The van der Waals surface area contributed by atoms with Crippen molar-refractivity contribution in [2.75, 3.05) is 32.1 Å². The van der Waals surface area contributed by atoms with E-state index in [0.29, 0.717) is 6.04 Å². The second-order valence-corrected chi connectivity index (χ2v) is 7.06. The molecule has 1 aromatic carbocycles. The van der Waals surface area contributed by atoms with E-state index >= 15 is 0 Å². The largest absolute Gasteiger partial charge is 0.495 e. The Balaban J connectivity index is 1.79. The van der Waals surface area contributed by atoms with Gasteiger partial charge in [-0.2, -0.15) is 0 Å². The molecule has 3 rings (SSSR count). The van der Waals surface area contributed by atoms with Gasteiger partial charge in [-0.1, -0.05) is 0 Å². The highest BCUT2D eigenvalue weighted by atomic mass is 79.9. The summed E-state index contributed by atoms with van der Waals surface area (Å²) in [6.07, 6.45) is 2.55. The Hall–Kier alpha value is -0.260. The first kappa shape index (κ1) is 13.7. The second kappa shape index (κ2) is 5.62. The summed E-state index contributed by atoms with van der Waals surface area (Å²) in [6, 6.07) is 4.70. The van der Waals surface area contributed by atoms with Crippen LogP contribution in [0.1, 0.15) is 12.8 Å². The van der Waals surface area contributed by atoms with E-state index in [1.807, 2.05) is 6.07 Å². The molecule has 3 nitrogen and oxygen atoms in total. The summed E-state index contributed by atoms with van der Waals surface area (Å²) in [5, 5.41) is 3.70. The Labute approximate surface area is 130 Å². The molecule has 5 heteroatoms. The number of fused-ring (bicyclic) bond motifs is 2. The fourth-order valence-corrected chi connectivity index (χ4v) is 4.41. The summed E-state index contributed by atoms with van der Waals surface area (Å²) >= 11 is 7.14. The van der Waals surface area contributed by atoms with Gasteiger partial charge in [-0.3, -0.25) is 0 Å². The van der Waals surface area contributed by atoms with Crippen molar-refractivity contribution in [3.8, 4) is 5.75 Å². The number of rotatable bonds is 3. The minimum absolute atomic E-state index is 0.584. The van der Waals surface area contributed by atoms with Crippen molar-refractivity contribution in [1.82, 2.24) is 4.90 Å². The molecule has 2 aliphatic heterocycles. The normalized spacial score (nSPS) is 29.3. The van der Waals surface area contributed by atoms with E-state index in [9.17, 15) is 0 Å². The minimum Gasteiger partial charge on any atom is -0.495 e. The molecule has 19 heavy (non-hydrogen) atoms. The Bertz CT molecular complexity index is 481. The fraction of sp³-hybridized carbons (Fsp3) is 0.571. The van der Waals surface area contributed by atoms with Crippen molar-refractivity contribution in [3.05, 3.63) is 21.1 Å². The number of hydrogen-bond acceptors (Lipinski definition) is 3. The van der Waals surface area contributed by atoms with Gasteiger partial charge in [0.1, 0.15) is 5.75 Å². The standard InChI is InChI=1S/C14H18Br2N2O/c1-19-14-7-13(10(15)6-11(14)16)17-12-3-5-18-4-2-9(12)8-18/h6-7,9,12,17H,2-5,8H2,1H3. The lowest BCUT2D eigenvalue weighted by Crippen LogP contribution is -2.39. The molecule has 2 bridgehead atoms. The Morgan fingerprint density at radius 3 is 2.79 bits per heavy atom. The number of nitrogens with zero attached hydrogens (tertiary/aromatic N) is 1. The van der Waals surface area contributed by atoms with Gasteiger partial charge in [0.2, 0.25) is 0 Å². The van der Waals surface area contributed by atoms with E-state index in [1.165, 1.54) is 32.5 Å². The van der Waals surface area contributed by atoms with Crippen molar-refractivity contribution < 1.29 is 4.74 Å². The number of halogens is 2. The predicted octanol–water partition coefficient (Wildman–Crippen LogP) is 3.73. The first-order valence-electron chi connectivity index (χ1n) is 6.69. The van der Waals surface area contributed by atoms with Crippen LogP contribution in [-0.4, -0.2) is 37.7 Å². The third kappa shape index (κ3) is 2.78. The molecule has 0 aromatic heterocycles. The SMILES string of the molecule is COc1cc(NC2CCN3CCC2C3)c(Br)cc1Br. The molecule has 104 valence electrons. The molecule has 3 atom stereocenters. The molecule has 2 heterocycles. The Morgan fingerprint density at radius 1 is 1.21 bits per heavy atom. The van der Waals surface area contributed by atoms with Crippen LogP contribution in [0.4, 0.5) is 5.69 Å². The summed E-state index contributed by atoms with van der Waals surface area (Å²) < 4.78 is 7.43. The highest BCUT2D eigenvalue weighted by Crippen LogP contribution is 2.37. The fourth-order valence-electron chi connectivity index (χ4n) is 3.14. The lowest BCUT2D eigenvalue weighted by Gasteiger charge is -2.32. The van der Waals surface area contributed by atoms with Gasteiger partial charge in [0, 0.05) is 29.7 Å². The van der Waals surface area contributed by atoms with E-state index in [2.05, 4.69) is 48.1 Å². The number of anilines is 1. The molecule has 1 aromatic rings. The Kier molecular flexibility index (Phi) is 4.06. The van der Waals surface area contributed by atoms with E-state index in [-0.39, 0.29) is 0 Å². The molecular weight excluding hydrogens is 372 g/mol. The zero-order valence-corrected chi connectivity index (χ0v) is 14.1. The lowest BCUT2D eigenvalue weighted by molar-refractivity contribution is 0.255. The van der Waals surface area contributed by atoms with Crippen LogP contribution >= 0.6 is 31.9 Å². The highest BCUT2D eigenvalue weighted by Gasteiger charge is 2.34. The molecule has 0 aliphatic carbocycles. The van der Waals surface area contributed by atoms with Gasteiger partial charge < -0.3 is 15.0 Å². The average molecular weight is 390 g/mol. The minimum atomic E-state index is 0.584. The highest BCUT2D eigenvalue weighted by molar-refractivity contribution is 9.11. The maximum atomic E-state index is 5.38. The molecule has 2 saturated heterocycles. The van der Waals surface area contributed by atoms with Crippen LogP contribution in [0.2, 0.25) is 0 Å². The van der Waals surface area contributed by atoms with Crippen molar-refractivity contribution >= 4 is 37.5 Å². The van der Waals surface area contributed by atoms with Crippen LogP contribution in [0.25, 0.3) is 0 Å². The van der Waals surface area contributed by atoms with Gasteiger partial charge in [0.15, 0.2) is 0 Å². The average Bonchev–Trinajstić information content (AvgIpc) is 2.78. The second-order valence-electron chi connectivity index (χ2n) is 5.36. The summed E-state index contributed by atoms with van der Waals surface area (Å²) in [5.74, 6) is 1.66. The van der Waals surface area contributed by atoms with Crippen molar-refractivity contribution in [2.24, 2.45) is 5.92 Å². The number of nitrogens with one attached hydrogen (secondary N) is 1. The number of hydrogen-bond donors (Lipinski definition) is 1. The zero-order chi connectivity index (χ0) is 13.4. The summed E-state index contributed by atoms with van der Waals surface area (Å²) in [7, 11) is 1.70. The third-order valence-electron chi connectivity index (χ3n) is 4.22. The van der Waals surface area contributed by atoms with Gasteiger partial charge >= 0.3 is 0 Å². The van der Waals surface area contributed by atoms with Crippen LogP contribution in [-0.2, 0) is 0 Å². The first-order valence-corrected chi connectivity index (χ1v) is 8.28. The van der Waals surface area contributed by atoms with Gasteiger partial charge in [-0.05, 0) is 63.2 Å². The van der Waals surface area contributed by atoms with Crippen LogP contribution in [0, 0.1) is 5.92 Å². The summed E-state index contributed by atoms with van der Waals surface area (Å²) in [5.41, 5.74) is 1.13.